The summed E-state index contributed by atoms with van der Waals surface area (Å²) in [5.74, 6) is 0. The van der Waals surface area contributed by atoms with Crippen LogP contribution >= 0.6 is 0 Å². The highest BCUT2D eigenvalue weighted by Crippen LogP contribution is 2.29. The topological polar surface area (TPSA) is 15.3 Å². The Morgan fingerprint density at radius 2 is 1.90 bits per heavy atom. The largest absolute Gasteiger partial charge is 0.315 e. The lowest BCUT2D eigenvalue weighted by atomic mass is 10.0. The van der Waals surface area contributed by atoms with Gasteiger partial charge in [0, 0.05) is 25.2 Å². The molecule has 3 rings (SSSR count). The van der Waals surface area contributed by atoms with Gasteiger partial charge in [0.15, 0.2) is 0 Å². The molecule has 0 radical (unpaired) electrons. The molecule has 1 aliphatic carbocycles. The normalized spacial score (nSPS) is 23.9. The Bertz CT molecular complexity index is 427. The second kappa shape index (κ2) is 6.28. The van der Waals surface area contributed by atoms with Crippen molar-refractivity contribution in [3.05, 3.63) is 34.9 Å². The zero-order chi connectivity index (χ0) is 13.9. The van der Waals surface area contributed by atoms with E-state index in [1.807, 2.05) is 0 Å². The monoisotopic (exact) mass is 272 g/mol. The van der Waals surface area contributed by atoms with Gasteiger partial charge in [-0.2, -0.15) is 0 Å². The lowest BCUT2D eigenvalue weighted by molar-refractivity contribution is 0.135. The Balaban J connectivity index is 1.79. The minimum Gasteiger partial charge on any atom is -0.315 e. The average molecular weight is 272 g/mol. The standard InChI is InChI=1S/C18H28N2/c1-14-7-8-15(2)16(11-14)13-20(17-5-3-4-6-17)18-9-10-19-12-18/h7-8,11,17-19H,3-6,9-10,12-13H2,1-2H3/t18-/m0/s1. The Labute approximate surface area is 123 Å². The first-order valence-electron chi connectivity index (χ1n) is 8.26. The van der Waals surface area contributed by atoms with Crippen molar-refractivity contribution in [3.63, 3.8) is 0 Å². The van der Waals surface area contributed by atoms with Gasteiger partial charge < -0.3 is 5.32 Å². The van der Waals surface area contributed by atoms with Gasteiger partial charge in [0.2, 0.25) is 0 Å². The lowest BCUT2D eigenvalue weighted by Crippen LogP contribution is -2.42. The van der Waals surface area contributed by atoms with Crippen LogP contribution in [-0.2, 0) is 6.54 Å². The molecule has 1 heterocycles. The van der Waals surface area contributed by atoms with Crippen molar-refractivity contribution in [1.82, 2.24) is 10.2 Å². The summed E-state index contributed by atoms with van der Waals surface area (Å²) in [4.78, 5) is 2.81. The van der Waals surface area contributed by atoms with Gasteiger partial charge in [-0.15, -0.1) is 0 Å². The van der Waals surface area contributed by atoms with Crippen LogP contribution in [0.2, 0.25) is 0 Å². The molecule has 0 aromatic heterocycles. The van der Waals surface area contributed by atoms with E-state index in [9.17, 15) is 0 Å². The maximum Gasteiger partial charge on any atom is 0.0242 e. The maximum absolute atomic E-state index is 3.55. The van der Waals surface area contributed by atoms with Gasteiger partial charge in [0.25, 0.3) is 0 Å². The Morgan fingerprint density at radius 3 is 2.60 bits per heavy atom. The van der Waals surface area contributed by atoms with Crippen molar-refractivity contribution in [2.75, 3.05) is 13.1 Å². The van der Waals surface area contributed by atoms with E-state index in [4.69, 9.17) is 0 Å². The van der Waals surface area contributed by atoms with Gasteiger partial charge >= 0.3 is 0 Å². The van der Waals surface area contributed by atoms with Gasteiger partial charge in [-0.25, -0.2) is 0 Å². The molecule has 20 heavy (non-hydrogen) atoms. The summed E-state index contributed by atoms with van der Waals surface area (Å²) in [6.45, 7) is 7.99. The SMILES string of the molecule is Cc1ccc(C)c(CN(C2CCCC2)[C@H]2CCNC2)c1. The highest BCUT2D eigenvalue weighted by atomic mass is 15.2. The summed E-state index contributed by atoms with van der Waals surface area (Å²) < 4.78 is 0. The number of aryl methyl sites for hydroxylation is 2. The zero-order valence-electron chi connectivity index (χ0n) is 13.0. The minimum absolute atomic E-state index is 0.748. The second-order valence-electron chi connectivity index (χ2n) is 6.69. The van der Waals surface area contributed by atoms with E-state index in [1.165, 1.54) is 61.9 Å². The van der Waals surface area contributed by atoms with Crippen LogP contribution in [0.1, 0.15) is 48.8 Å². The lowest BCUT2D eigenvalue weighted by Gasteiger charge is -2.34. The molecule has 1 saturated carbocycles. The van der Waals surface area contributed by atoms with E-state index >= 15 is 0 Å². The summed E-state index contributed by atoms with van der Waals surface area (Å²) in [6, 6.07) is 8.47. The maximum atomic E-state index is 3.55. The molecule has 1 aromatic carbocycles. The predicted molar refractivity (Wildman–Crippen MR) is 85.0 cm³/mol. The fourth-order valence-electron chi connectivity index (χ4n) is 3.88. The Morgan fingerprint density at radius 1 is 1.10 bits per heavy atom. The molecule has 1 aliphatic heterocycles. The van der Waals surface area contributed by atoms with Crippen molar-refractivity contribution < 1.29 is 0 Å². The second-order valence-corrected chi connectivity index (χ2v) is 6.69. The minimum atomic E-state index is 0.748. The van der Waals surface area contributed by atoms with Crippen LogP contribution in [-0.4, -0.2) is 30.1 Å². The van der Waals surface area contributed by atoms with Gasteiger partial charge in [-0.1, -0.05) is 36.6 Å². The van der Waals surface area contributed by atoms with E-state index in [1.54, 1.807) is 0 Å². The highest BCUT2D eigenvalue weighted by molar-refractivity contribution is 5.30. The quantitative estimate of drug-likeness (QED) is 0.903. The third kappa shape index (κ3) is 3.07. The summed E-state index contributed by atoms with van der Waals surface area (Å²) in [6.07, 6.45) is 6.98. The van der Waals surface area contributed by atoms with Crippen molar-refractivity contribution in [2.45, 2.75) is 64.6 Å². The van der Waals surface area contributed by atoms with E-state index in [2.05, 4.69) is 42.3 Å². The smallest absolute Gasteiger partial charge is 0.0242 e. The average Bonchev–Trinajstić information content (AvgIpc) is 3.12. The number of hydrogen-bond donors (Lipinski definition) is 1. The summed E-state index contributed by atoms with van der Waals surface area (Å²) in [5, 5.41) is 3.55. The number of hydrogen-bond acceptors (Lipinski definition) is 2. The van der Waals surface area contributed by atoms with Crippen LogP contribution in [0.5, 0.6) is 0 Å². The van der Waals surface area contributed by atoms with Crippen molar-refractivity contribution in [3.8, 4) is 0 Å². The molecule has 110 valence electrons. The van der Waals surface area contributed by atoms with Crippen molar-refractivity contribution in [2.24, 2.45) is 0 Å². The Hall–Kier alpha value is -0.860. The number of rotatable bonds is 4. The van der Waals surface area contributed by atoms with Crippen LogP contribution in [0.3, 0.4) is 0 Å². The molecular weight excluding hydrogens is 244 g/mol. The molecular formula is C18H28N2. The molecule has 0 unspecified atom stereocenters. The van der Waals surface area contributed by atoms with Crippen LogP contribution in [0, 0.1) is 13.8 Å². The molecule has 2 heteroatoms. The molecule has 0 amide bonds. The first kappa shape index (κ1) is 14.1. The third-order valence-electron chi connectivity index (χ3n) is 5.15. The molecule has 1 saturated heterocycles. The fraction of sp³-hybridized carbons (Fsp3) is 0.667. The van der Waals surface area contributed by atoms with Crippen LogP contribution in [0.15, 0.2) is 18.2 Å². The van der Waals surface area contributed by atoms with Gasteiger partial charge in [-0.05, 0) is 50.8 Å². The van der Waals surface area contributed by atoms with E-state index in [0.29, 0.717) is 0 Å². The van der Waals surface area contributed by atoms with E-state index < -0.39 is 0 Å². The molecule has 1 aromatic rings. The molecule has 2 nitrogen and oxygen atoms in total. The van der Waals surface area contributed by atoms with Gasteiger partial charge in [0.1, 0.15) is 0 Å². The number of benzene rings is 1. The predicted octanol–water partition coefficient (Wildman–Crippen LogP) is 3.41. The Kier molecular flexibility index (Phi) is 4.42. The van der Waals surface area contributed by atoms with E-state index in [-0.39, 0.29) is 0 Å². The fourth-order valence-corrected chi connectivity index (χ4v) is 3.88. The first-order valence-corrected chi connectivity index (χ1v) is 8.26. The molecule has 0 bridgehead atoms. The van der Waals surface area contributed by atoms with Gasteiger partial charge in [-0.3, -0.25) is 4.90 Å². The number of nitrogens with one attached hydrogen (secondary N) is 1. The van der Waals surface area contributed by atoms with Crippen molar-refractivity contribution in [1.29, 1.82) is 0 Å². The summed E-state index contributed by atoms with van der Waals surface area (Å²) in [7, 11) is 0. The molecule has 1 atom stereocenters. The first-order chi connectivity index (χ1) is 9.74. The molecule has 2 fully saturated rings. The molecule has 1 N–H and O–H groups in total. The van der Waals surface area contributed by atoms with Crippen LogP contribution < -0.4 is 5.32 Å². The van der Waals surface area contributed by atoms with Crippen LogP contribution in [0.25, 0.3) is 0 Å². The van der Waals surface area contributed by atoms with Gasteiger partial charge in [0.05, 0.1) is 0 Å². The summed E-state index contributed by atoms with van der Waals surface area (Å²) in [5.41, 5.74) is 4.37. The highest BCUT2D eigenvalue weighted by Gasteiger charge is 2.30. The van der Waals surface area contributed by atoms with E-state index in [0.717, 1.165) is 18.6 Å². The van der Waals surface area contributed by atoms with Crippen molar-refractivity contribution >= 4 is 0 Å². The zero-order valence-corrected chi connectivity index (χ0v) is 13.0. The number of nitrogens with zero attached hydrogens (tertiary/aromatic N) is 1. The van der Waals surface area contributed by atoms with Crippen LogP contribution in [0.4, 0.5) is 0 Å². The summed E-state index contributed by atoms with van der Waals surface area (Å²) >= 11 is 0. The molecule has 0 spiro atoms. The third-order valence-corrected chi connectivity index (χ3v) is 5.15. The molecule has 2 aliphatic rings.